The lowest BCUT2D eigenvalue weighted by Crippen LogP contribution is -2.27. The molecule has 2 N–H and O–H groups in total. The first-order valence-electron chi connectivity index (χ1n) is 7.16. The Kier molecular flexibility index (Phi) is 6.88. The number of carboxylic acids is 1. The number of nitrogens with zero attached hydrogens (tertiary/aromatic N) is 1. The second-order valence-electron chi connectivity index (χ2n) is 5.69. The first-order valence-corrected chi connectivity index (χ1v) is 7.16. The summed E-state index contributed by atoms with van der Waals surface area (Å²) in [6.07, 6.45) is 0.116. The van der Waals surface area contributed by atoms with Crippen molar-refractivity contribution in [3.05, 3.63) is 35.4 Å². The SMILES string of the molecule is CC(C)CNC(=O)c1cccc(CN(C)CCC(=O)O)c1. The van der Waals surface area contributed by atoms with Crippen molar-refractivity contribution in [1.82, 2.24) is 10.2 Å². The van der Waals surface area contributed by atoms with Crippen molar-refractivity contribution in [3.8, 4) is 0 Å². The Labute approximate surface area is 126 Å². The molecule has 21 heavy (non-hydrogen) atoms. The van der Waals surface area contributed by atoms with E-state index in [1.807, 2.05) is 44.0 Å². The summed E-state index contributed by atoms with van der Waals surface area (Å²) < 4.78 is 0. The summed E-state index contributed by atoms with van der Waals surface area (Å²) in [5.41, 5.74) is 1.64. The first kappa shape index (κ1) is 17.2. The van der Waals surface area contributed by atoms with E-state index in [4.69, 9.17) is 5.11 Å². The van der Waals surface area contributed by atoms with E-state index in [2.05, 4.69) is 5.32 Å². The zero-order valence-corrected chi connectivity index (χ0v) is 12.9. The fourth-order valence-electron chi connectivity index (χ4n) is 1.89. The molecule has 0 aliphatic carbocycles. The van der Waals surface area contributed by atoms with Crippen molar-refractivity contribution in [2.45, 2.75) is 26.8 Å². The van der Waals surface area contributed by atoms with Gasteiger partial charge >= 0.3 is 5.97 Å². The second-order valence-corrected chi connectivity index (χ2v) is 5.69. The highest BCUT2D eigenvalue weighted by atomic mass is 16.4. The predicted octanol–water partition coefficient (Wildman–Crippen LogP) is 1.98. The fourth-order valence-corrected chi connectivity index (χ4v) is 1.89. The van der Waals surface area contributed by atoms with E-state index in [9.17, 15) is 9.59 Å². The summed E-state index contributed by atoms with van der Waals surface area (Å²) >= 11 is 0. The van der Waals surface area contributed by atoms with Crippen LogP contribution in [0.3, 0.4) is 0 Å². The number of aliphatic carboxylic acids is 1. The topological polar surface area (TPSA) is 69.6 Å². The largest absolute Gasteiger partial charge is 0.481 e. The molecule has 0 unspecified atom stereocenters. The minimum atomic E-state index is -0.802. The molecule has 5 heteroatoms. The fraction of sp³-hybridized carbons (Fsp3) is 0.500. The lowest BCUT2D eigenvalue weighted by Gasteiger charge is -2.16. The minimum Gasteiger partial charge on any atom is -0.481 e. The van der Waals surface area contributed by atoms with Crippen LogP contribution in [0.2, 0.25) is 0 Å². The van der Waals surface area contributed by atoms with Crippen molar-refractivity contribution in [2.75, 3.05) is 20.1 Å². The van der Waals surface area contributed by atoms with Gasteiger partial charge < -0.3 is 15.3 Å². The maximum Gasteiger partial charge on any atom is 0.304 e. The molecule has 0 bridgehead atoms. The van der Waals surface area contributed by atoms with Crippen LogP contribution in [-0.2, 0) is 11.3 Å². The van der Waals surface area contributed by atoms with Crippen molar-refractivity contribution in [2.24, 2.45) is 5.92 Å². The van der Waals surface area contributed by atoms with Crippen LogP contribution in [0, 0.1) is 5.92 Å². The molecule has 0 saturated carbocycles. The lowest BCUT2D eigenvalue weighted by atomic mass is 10.1. The average molecular weight is 292 g/mol. The highest BCUT2D eigenvalue weighted by Gasteiger charge is 2.08. The predicted molar refractivity (Wildman–Crippen MR) is 82.2 cm³/mol. The maximum atomic E-state index is 12.0. The van der Waals surface area contributed by atoms with Gasteiger partial charge in [-0.25, -0.2) is 0 Å². The van der Waals surface area contributed by atoms with Gasteiger partial charge in [0.1, 0.15) is 0 Å². The molecule has 1 amide bonds. The number of hydrogen-bond acceptors (Lipinski definition) is 3. The number of hydrogen-bond donors (Lipinski definition) is 2. The Morgan fingerprint density at radius 2 is 2.05 bits per heavy atom. The Balaban J connectivity index is 2.59. The highest BCUT2D eigenvalue weighted by Crippen LogP contribution is 2.08. The number of carboxylic acid groups (broad SMARTS) is 1. The molecular weight excluding hydrogens is 268 g/mol. The summed E-state index contributed by atoms with van der Waals surface area (Å²) in [7, 11) is 1.87. The van der Waals surface area contributed by atoms with Gasteiger partial charge in [0.15, 0.2) is 0 Å². The van der Waals surface area contributed by atoms with E-state index in [0.29, 0.717) is 31.1 Å². The van der Waals surface area contributed by atoms with Gasteiger partial charge in [0, 0.05) is 25.2 Å². The number of amides is 1. The van der Waals surface area contributed by atoms with Crippen molar-refractivity contribution in [1.29, 1.82) is 0 Å². The molecule has 0 aliphatic heterocycles. The smallest absolute Gasteiger partial charge is 0.304 e. The van der Waals surface area contributed by atoms with Crippen LogP contribution in [-0.4, -0.2) is 42.0 Å². The summed E-state index contributed by atoms with van der Waals surface area (Å²) in [6.45, 7) is 5.86. The van der Waals surface area contributed by atoms with E-state index >= 15 is 0 Å². The zero-order chi connectivity index (χ0) is 15.8. The summed E-state index contributed by atoms with van der Waals surface area (Å²) in [5.74, 6) is -0.457. The van der Waals surface area contributed by atoms with Crippen LogP contribution >= 0.6 is 0 Å². The van der Waals surface area contributed by atoms with Crippen LogP contribution in [0.1, 0.15) is 36.2 Å². The van der Waals surface area contributed by atoms with E-state index in [0.717, 1.165) is 5.56 Å². The lowest BCUT2D eigenvalue weighted by molar-refractivity contribution is -0.137. The van der Waals surface area contributed by atoms with Crippen LogP contribution in [0.15, 0.2) is 24.3 Å². The third kappa shape index (κ3) is 6.90. The summed E-state index contributed by atoms with van der Waals surface area (Å²) in [4.78, 5) is 24.5. The summed E-state index contributed by atoms with van der Waals surface area (Å²) in [5, 5.41) is 11.6. The highest BCUT2D eigenvalue weighted by molar-refractivity contribution is 5.94. The van der Waals surface area contributed by atoms with Gasteiger partial charge in [0.2, 0.25) is 0 Å². The van der Waals surface area contributed by atoms with E-state index < -0.39 is 5.97 Å². The number of carbonyl (C=O) groups is 2. The van der Waals surface area contributed by atoms with Crippen LogP contribution in [0.4, 0.5) is 0 Å². The van der Waals surface area contributed by atoms with E-state index in [-0.39, 0.29) is 12.3 Å². The third-order valence-corrected chi connectivity index (χ3v) is 3.02. The third-order valence-electron chi connectivity index (χ3n) is 3.02. The molecule has 0 spiro atoms. The van der Waals surface area contributed by atoms with Crippen LogP contribution in [0.5, 0.6) is 0 Å². The maximum absolute atomic E-state index is 12.0. The van der Waals surface area contributed by atoms with E-state index in [1.54, 1.807) is 6.07 Å². The molecule has 0 aromatic heterocycles. The molecule has 0 aliphatic rings. The minimum absolute atomic E-state index is 0.0706. The molecule has 0 radical (unpaired) electrons. The van der Waals surface area contributed by atoms with Gasteiger partial charge in [-0.1, -0.05) is 26.0 Å². The molecular formula is C16H24N2O3. The normalized spacial score (nSPS) is 10.9. The van der Waals surface area contributed by atoms with Crippen LogP contribution < -0.4 is 5.32 Å². The number of benzene rings is 1. The zero-order valence-electron chi connectivity index (χ0n) is 12.9. The molecule has 0 fully saturated rings. The Morgan fingerprint density at radius 3 is 2.67 bits per heavy atom. The van der Waals surface area contributed by atoms with Gasteiger partial charge in [-0.3, -0.25) is 9.59 Å². The van der Waals surface area contributed by atoms with Gasteiger partial charge in [0.05, 0.1) is 6.42 Å². The van der Waals surface area contributed by atoms with Crippen LogP contribution in [0.25, 0.3) is 0 Å². The molecule has 1 rings (SSSR count). The number of nitrogens with one attached hydrogen (secondary N) is 1. The van der Waals surface area contributed by atoms with Crippen molar-refractivity contribution < 1.29 is 14.7 Å². The standard InChI is InChI=1S/C16H24N2O3/c1-12(2)10-17-16(21)14-6-4-5-13(9-14)11-18(3)8-7-15(19)20/h4-6,9,12H,7-8,10-11H2,1-3H3,(H,17,21)(H,19,20). The van der Waals surface area contributed by atoms with Gasteiger partial charge in [-0.15, -0.1) is 0 Å². The number of rotatable bonds is 8. The van der Waals surface area contributed by atoms with E-state index in [1.165, 1.54) is 0 Å². The van der Waals surface area contributed by atoms with Crippen molar-refractivity contribution in [3.63, 3.8) is 0 Å². The average Bonchev–Trinajstić information content (AvgIpc) is 2.42. The monoisotopic (exact) mass is 292 g/mol. The Hall–Kier alpha value is -1.88. The Morgan fingerprint density at radius 1 is 1.33 bits per heavy atom. The molecule has 0 atom stereocenters. The first-order chi connectivity index (χ1) is 9.88. The molecule has 0 saturated heterocycles. The van der Waals surface area contributed by atoms with Crippen molar-refractivity contribution >= 4 is 11.9 Å². The Bertz CT molecular complexity index is 486. The van der Waals surface area contributed by atoms with Gasteiger partial charge in [-0.05, 0) is 30.7 Å². The quantitative estimate of drug-likeness (QED) is 0.768. The molecule has 1 aromatic rings. The number of carbonyl (C=O) groups excluding carboxylic acids is 1. The molecule has 5 nitrogen and oxygen atoms in total. The molecule has 116 valence electrons. The second kappa shape index (κ2) is 8.42. The van der Waals surface area contributed by atoms with Gasteiger partial charge in [-0.2, -0.15) is 0 Å². The molecule has 1 aromatic carbocycles. The van der Waals surface area contributed by atoms with Gasteiger partial charge in [0.25, 0.3) is 5.91 Å². The summed E-state index contributed by atoms with van der Waals surface area (Å²) in [6, 6.07) is 7.44. The molecule has 0 heterocycles.